The number of hydrogen-bond acceptors (Lipinski definition) is 2. The number of amides is 1. The van der Waals surface area contributed by atoms with Crippen LogP contribution >= 0.6 is 0 Å². The molecule has 0 aliphatic heterocycles. The Labute approximate surface area is 113 Å². The van der Waals surface area contributed by atoms with Gasteiger partial charge in [-0.3, -0.25) is 9.78 Å². The summed E-state index contributed by atoms with van der Waals surface area (Å²) < 4.78 is 37.0. The SMILES string of the molecule is O=C(NCc1ccccc1)c1ccc(C(F)(F)F)cn1. The van der Waals surface area contributed by atoms with Gasteiger partial charge in [0.2, 0.25) is 0 Å². The molecule has 1 aromatic carbocycles. The van der Waals surface area contributed by atoms with Crippen molar-refractivity contribution in [2.75, 3.05) is 0 Å². The highest BCUT2D eigenvalue weighted by atomic mass is 19.4. The number of carbonyl (C=O) groups is 1. The van der Waals surface area contributed by atoms with E-state index in [2.05, 4.69) is 10.3 Å². The molecule has 20 heavy (non-hydrogen) atoms. The van der Waals surface area contributed by atoms with Crippen LogP contribution in [0.25, 0.3) is 0 Å². The van der Waals surface area contributed by atoms with E-state index in [1.165, 1.54) is 0 Å². The van der Waals surface area contributed by atoms with Gasteiger partial charge in [0.25, 0.3) is 5.91 Å². The van der Waals surface area contributed by atoms with Crippen molar-refractivity contribution in [2.24, 2.45) is 0 Å². The molecule has 0 aliphatic carbocycles. The number of halogens is 3. The van der Waals surface area contributed by atoms with Gasteiger partial charge in [0.05, 0.1) is 5.56 Å². The van der Waals surface area contributed by atoms with E-state index >= 15 is 0 Å². The van der Waals surface area contributed by atoms with E-state index in [0.717, 1.165) is 17.7 Å². The molecule has 1 aromatic heterocycles. The number of benzene rings is 1. The van der Waals surface area contributed by atoms with Crippen molar-refractivity contribution >= 4 is 5.91 Å². The second-order valence-electron chi connectivity index (χ2n) is 4.10. The number of aromatic nitrogens is 1. The molecular weight excluding hydrogens is 269 g/mol. The molecule has 3 nitrogen and oxygen atoms in total. The topological polar surface area (TPSA) is 42.0 Å². The van der Waals surface area contributed by atoms with Gasteiger partial charge in [0.1, 0.15) is 5.69 Å². The minimum Gasteiger partial charge on any atom is -0.347 e. The number of nitrogens with zero attached hydrogens (tertiary/aromatic N) is 1. The lowest BCUT2D eigenvalue weighted by Gasteiger charge is -2.07. The number of carbonyl (C=O) groups excluding carboxylic acids is 1. The van der Waals surface area contributed by atoms with Crippen molar-refractivity contribution in [1.29, 1.82) is 0 Å². The third kappa shape index (κ3) is 3.57. The van der Waals surface area contributed by atoms with Crippen molar-refractivity contribution in [3.8, 4) is 0 Å². The average Bonchev–Trinajstić information content (AvgIpc) is 2.45. The molecule has 0 bridgehead atoms. The fraction of sp³-hybridized carbons (Fsp3) is 0.143. The fourth-order valence-electron chi connectivity index (χ4n) is 1.56. The molecule has 0 spiro atoms. The van der Waals surface area contributed by atoms with Crippen LogP contribution in [-0.2, 0) is 12.7 Å². The molecule has 2 rings (SSSR count). The smallest absolute Gasteiger partial charge is 0.347 e. The normalized spacial score (nSPS) is 11.2. The Hall–Kier alpha value is -2.37. The van der Waals surface area contributed by atoms with E-state index in [9.17, 15) is 18.0 Å². The first kappa shape index (κ1) is 14.0. The zero-order valence-corrected chi connectivity index (χ0v) is 10.3. The average molecular weight is 280 g/mol. The summed E-state index contributed by atoms with van der Waals surface area (Å²) in [6.45, 7) is 0.294. The van der Waals surface area contributed by atoms with Crippen molar-refractivity contribution in [2.45, 2.75) is 12.7 Å². The molecule has 0 saturated heterocycles. The molecule has 0 unspecified atom stereocenters. The van der Waals surface area contributed by atoms with Gasteiger partial charge >= 0.3 is 6.18 Å². The predicted octanol–water partition coefficient (Wildman–Crippen LogP) is 3.03. The van der Waals surface area contributed by atoms with Crippen molar-refractivity contribution in [3.63, 3.8) is 0 Å². The summed E-state index contributed by atoms with van der Waals surface area (Å²) in [5, 5.41) is 2.59. The van der Waals surface area contributed by atoms with Gasteiger partial charge in [0, 0.05) is 12.7 Å². The van der Waals surface area contributed by atoms with Crippen LogP contribution in [0.4, 0.5) is 13.2 Å². The van der Waals surface area contributed by atoms with Crippen molar-refractivity contribution < 1.29 is 18.0 Å². The van der Waals surface area contributed by atoms with Crippen LogP contribution < -0.4 is 5.32 Å². The van der Waals surface area contributed by atoms with Gasteiger partial charge in [-0.2, -0.15) is 13.2 Å². The van der Waals surface area contributed by atoms with Crippen LogP contribution in [0.3, 0.4) is 0 Å². The lowest BCUT2D eigenvalue weighted by molar-refractivity contribution is -0.137. The van der Waals surface area contributed by atoms with Crippen molar-refractivity contribution in [3.05, 3.63) is 65.5 Å². The van der Waals surface area contributed by atoms with E-state index in [4.69, 9.17) is 0 Å². The van der Waals surface area contributed by atoms with Gasteiger partial charge in [-0.15, -0.1) is 0 Å². The summed E-state index contributed by atoms with van der Waals surface area (Å²) in [7, 11) is 0. The van der Waals surface area contributed by atoms with E-state index in [-0.39, 0.29) is 5.69 Å². The largest absolute Gasteiger partial charge is 0.417 e. The molecule has 0 fully saturated rings. The number of pyridine rings is 1. The molecule has 6 heteroatoms. The Morgan fingerprint density at radius 1 is 1.10 bits per heavy atom. The molecule has 0 aliphatic rings. The first-order chi connectivity index (χ1) is 9.47. The van der Waals surface area contributed by atoms with Crippen LogP contribution in [-0.4, -0.2) is 10.9 Å². The number of nitrogens with one attached hydrogen (secondary N) is 1. The van der Waals surface area contributed by atoms with E-state index in [1.807, 2.05) is 30.3 Å². The van der Waals surface area contributed by atoms with Crippen LogP contribution in [0.1, 0.15) is 21.6 Å². The van der Waals surface area contributed by atoms with Gasteiger partial charge in [0.15, 0.2) is 0 Å². The molecule has 1 N–H and O–H groups in total. The Morgan fingerprint density at radius 3 is 2.35 bits per heavy atom. The number of hydrogen-bond donors (Lipinski definition) is 1. The molecule has 1 amide bonds. The quantitative estimate of drug-likeness (QED) is 0.939. The minimum atomic E-state index is -4.45. The van der Waals surface area contributed by atoms with Crippen molar-refractivity contribution in [1.82, 2.24) is 10.3 Å². The van der Waals surface area contributed by atoms with Crippen LogP contribution in [0, 0.1) is 0 Å². The van der Waals surface area contributed by atoms with Gasteiger partial charge < -0.3 is 5.32 Å². The summed E-state index contributed by atoms with van der Waals surface area (Å²) in [6.07, 6.45) is -3.80. The van der Waals surface area contributed by atoms with Crippen LogP contribution in [0.15, 0.2) is 48.7 Å². The highest BCUT2D eigenvalue weighted by Gasteiger charge is 2.30. The third-order valence-electron chi connectivity index (χ3n) is 2.62. The summed E-state index contributed by atoms with van der Waals surface area (Å²) >= 11 is 0. The molecular formula is C14H11F3N2O. The molecule has 2 aromatic rings. The van der Waals surface area contributed by atoms with Gasteiger partial charge in [-0.25, -0.2) is 0 Å². The lowest BCUT2D eigenvalue weighted by atomic mass is 10.2. The highest BCUT2D eigenvalue weighted by Crippen LogP contribution is 2.28. The molecule has 1 heterocycles. The third-order valence-corrected chi connectivity index (χ3v) is 2.62. The van der Waals surface area contributed by atoms with E-state index in [1.54, 1.807) is 0 Å². The Bertz CT molecular complexity index is 580. The molecule has 0 atom stereocenters. The first-order valence-electron chi connectivity index (χ1n) is 5.82. The fourth-order valence-corrected chi connectivity index (χ4v) is 1.56. The van der Waals surface area contributed by atoms with Gasteiger partial charge in [-0.05, 0) is 17.7 Å². The minimum absolute atomic E-state index is 0.0473. The van der Waals surface area contributed by atoms with Crippen LogP contribution in [0.2, 0.25) is 0 Å². The second kappa shape index (κ2) is 5.73. The maximum Gasteiger partial charge on any atom is 0.417 e. The maximum atomic E-state index is 12.3. The second-order valence-corrected chi connectivity index (χ2v) is 4.10. The lowest BCUT2D eigenvalue weighted by Crippen LogP contribution is -2.24. The summed E-state index contributed by atoms with van der Waals surface area (Å²) in [5.41, 5.74) is -0.0289. The number of alkyl halides is 3. The highest BCUT2D eigenvalue weighted by molar-refractivity contribution is 5.92. The summed E-state index contributed by atoms with van der Waals surface area (Å²) in [4.78, 5) is 15.2. The number of rotatable bonds is 3. The Balaban J connectivity index is 1.99. The van der Waals surface area contributed by atoms with E-state index in [0.29, 0.717) is 12.7 Å². The Morgan fingerprint density at radius 2 is 1.80 bits per heavy atom. The molecule has 0 saturated carbocycles. The Kier molecular flexibility index (Phi) is 4.02. The maximum absolute atomic E-state index is 12.3. The van der Waals surface area contributed by atoms with Gasteiger partial charge in [-0.1, -0.05) is 30.3 Å². The van der Waals surface area contributed by atoms with Crippen LogP contribution in [0.5, 0.6) is 0 Å². The van der Waals surface area contributed by atoms with E-state index < -0.39 is 17.6 Å². The standard InChI is InChI=1S/C14H11F3N2O/c15-14(16,17)11-6-7-12(18-9-11)13(20)19-8-10-4-2-1-3-5-10/h1-7,9H,8H2,(H,19,20). The predicted molar refractivity (Wildman–Crippen MR) is 66.9 cm³/mol. The monoisotopic (exact) mass is 280 g/mol. The summed E-state index contributed by atoms with van der Waals surface area (Å²) in [6, 6.07) is 11.1. The summed E-state index contributed by atoms with van der Waals surface area (Å²) in [5.74, 6) is -0.512. The molecule has 104 valence electrons. The molecule has 0 radical (unpaired) electrons. The first-order valence-corrected chi connectivity index (χ1v) is 5.82. The zero-order chi connectivity index (χ0) is 14.6. The zero-order valence-electron chi connectivity index (χ0n) is 10.3.